The van der Waals surface area contributed by atoms with Gasteiger partial charge in [-0.3, -0.25) is 24.2 Å². The monoisotopic (exact) mass is 827 g/mol. The van der Waals surface area contributed by atoms with Gasteiger partial charge in [-0.1, -0.05) is 162 Å². The zero-order valence-electron chi connectivity index (χ0n) is 38.0. The zero-order chi connectivity index (χ0) is 42.7. The summed E-state index contributed by atoms with van der Waals surface area (Å²) >= 11 is 0. The van der Waals surface area contributed by atoms with Crippen LogP contribution >= 0.6 is 0 Å². The lowest BCUT2D eigenvalue weighted by atomic mass is 9.91. The summed E-state index contributed by atoms with van der Waals surface area (Å²) in [5.41, 5.74) is 5.22. The van der Waals surface area contributed by atoms with Crippen molar-refractivity contribution in [2.24, 2.45) is 7.05 Å². The first-order chi connectivity index (χ1) is 29.3. The molecule has 330 valence electrons. The van der Waals surface area contributed by atoms with Crippen molar-refractivity contribution >= 4 is 21.9 Å². The molecule has 1 unspecified atom stereocenters. The highest BCUT2D eigenvalue weighted by atomic mass is 19.1. The van der Waals surface area contributed by atoms with Crippen molar-refractivity contribution in [2.75, 3.05) is 13.7 Å². The van der Waals surface area contributed by atoms with Gasteiger partial charge in [-0.25, -0.2) is 9.18 Å². The molecule has 9 nitrogen and oxygen atoms in total. The second-order valence-corrected chi connectivity index (χ2v) is 17.3. The van der Waals surface area contributed by atoms with Crippen molar-refractivity contribution in [1.29, 1.82) is 0 Å². The molecular weight excluding hydrogens is 752 g/mol. The van der Waals surface area contributed by atoms with Crippen LogP contribution < -0.4 is 15.2 Å². The number of unbranched alkanes of at least 4 members (excludes halogenated alkanes) is 21. The topological polar surface area (TPSA) is 99.8 Å². The van der Waals surface area contributed by atoms with Crippen LogP contribution in [0.1, 0.15) is 192 Å². The van der Waals surface area contributed by atoms with Crippen molar-refractivity contribution in [1.82, 2.24) is 29.3 Å². The Morgan fingerprint density at radius 3 is 1.90 bits per heavy atom. The van der Waals surface area contributed by atoms with Gasteiger partial charge < -0.3 is 9.47 Å². The third-order valence-corrected chi connectivity index (χ3v) is 12.5. The van der Waals surface area contributed by atoms with Gasteiger partial charge in [-0.2, -0.15) is 5.10 Å². The molecular formula is C50H75FN6O3. The van der Waals surface area contributed by atoms with Crippen molar-refractivity contribution in [3.05, 3.63) is 58.4 Å². The number of aryl methyl sites for hydroxylation is 2. The molecule has 0 spiro atoms. The summed E-state index contributed by atoms with van der Waals surface area (Å²) in [7, 11) is 3.36. The molecule has 1 aromatic carbocycles. The van der Waals surface area contributed by atoms with Gasteiger partial charge in [0.2, 0.25) is 0 Å². The summed E-state index contributed by atoms with van der Waals surface area (Å²) in [6.45, 7) is 9.22. The predicted octanol–water partition coefficient (Wildman–Crippen LogP) is 14.0. The Balaban J connectivity index is 1.32. The van der Waals surface area contributed by atoms with Crippen LogP contribution in [0.2, 0.25) is 0 Å². The highest BCUT2D eigenvalue weighted by Crippen LogP contribution is 2.42. The molecule has 0 bridgehead atoms. The predicted molar refractivity (Wildman–Crippen MR) is 247 cm³/mol. The number of methoxy groups -OCH3 is 1. The molecule has 0 fully saturated rings. The fourth-order valence-electron chi connectivity index (χ4n) is 8.86. The first-order valence-electron chi connectivity index (χ1n) is 23.7. The lowest BCUT2D eigenvalue weighted by molar-refractivity contribution is 0.300. The van der Waals surface area contributed by atoms with Crippen molar-refractivity contribution in [3.63, 3.8) is 0 Å². The van der Waals surface area contributed by atoms with E-state index in [0.29, 0.717) is 34.3 Å². The number of hydrogen-bond acceptors (Lipinski definition) is 6. The molecule has 60 heavy (non-hydrogen) atoms. The summed E-state index contributed by atoms with van der Waals surface area (Å²) in [6.07, 6.45) is 34.7. The fraction of sp³-hybridized carbons (Fsp3) is 0.640. The van der Waals surface area contributed by atoms with Crippen LogP contribution in [0.4, 0.5) is 4.39 Å². The molecule has 1 N–H and O–H groups in total. The molecule has 0 aliphatic carbocycles. The highest BCUT2D eigenvalue weighted by molar-refractivity contribution is 6.06. The molecule has 0 aliphatic rings. The molecule has 0 aliphatic heterocycles. The molecule has 4 heterocycles. The van der Waals surface area contributed by atoms with Crippen LogP contribution in [-0.2, 0) is 7.05 Å². The second-order valence-electron chi connectivity index (χ2n) is 17.3. The SMILES string of the molecule is CCCCCCCCCCCCCCOc1cncc(F)c1-n1c(=O)n(C)c2cnc3cc(OC)c(-c4c(C)n[nH]c4C(C)CCCCCCCCCCCCC)cc3c21. The minimum atomic E-state index is -0.625. The Hall–Kier alpha value is -4.21. The molecule has 0 saturated carbocycles. The number of ether oxygens (including phenoxy) is 2. The number of benzene rings is 1. The summed E-state index contributed by atoms with van der Waals surface area (Å²) in [4.78, 5) is 23.0. The summed E-state index contributed by atoms with van der Waals surface area (Å²) in [5, 5.41) is 8.75. The maximum Gasteiger partial charge on any atom is 0.333 e. The van der Waals surface area contributed by atoms with Gasteiger partial charge in [0, 0.05) is 35.3 Å². The number of nitrogens with zero attached hydrogens (tertiary/aromatic N) is 5. The fourth-order valence-corrected chi connectivity index (χ4v) is 8.86. The van der Waals surface area contributed by atoms with E-state index in [1.807, 2.05) is 19.1 Å². The van der Waals surface area contributed by atoms with Gasteiger partial charge >= 0.3 is 5.69 Å². The van der Waals surface area contributed by atoms with E-state index >= 15 is 4.39 Å². The number of rotatable bonds is 30. The van der Waals surface area contributed by atoms with E-state index in [0.717, 1.165) is 60.8 Å². The van der Waals surface area contributed by atoms with E-state index in [-0.39, 0.29) is 17.4 Å². The van der Waals surface area contributed by atoms with Crippen LogP contribution in [0.25, 0.3) is 38.8 Å². The summed E-state index contributed by atoms with van der Waals surface area (Å²) in [6, 6.07) is 3.94. The zero-order valence-corrected chi connectivity index (χ0v) is 38.0. The number of fused-ring (bicyclic) bond motifs is 3. The molecule has 1 atom stereocenters. The average Bonchev–Trinajstić information content (AvgIpc) is 3.76. The first kappa shape index (κ1) is 46.8. The van der Waals surface area contributed by atoms with E-state index in [1.54, 1.807) is 20.4 Å². The lowest BCUT2D eigenvalue weighted by Crippen LogP contribution is -2.22. The number of aromatic amines is 1. The van der Waals surface area contributed by atoms with Crippen LogP contribution in [0.3, 0.4) is 0 Å². The van der Waals surface area contributed by atoms with E-state index in [9.17, 15) is 4.79 Å². The number of nitrogens with one attached hydrogen (secondary N) is 1. The van der Waals surface area contributed by atoms with E-state index in [2.05, 4.69) is 36.0 Å². The number of hydrogen-bond donors (Lipinski definition) is 1. The van der Waals surface area contributed by atoms with E-state index < -0.39 is 11.5 Å². The smallest absolute Gasteiger partial charge is 0.333 e. The van der Waals surface area contributed by atoms with Crippen LogP contribution in [0.5, 0.6) is 11.5 Å². The standard InChI is InChI=1S/C50H75FN6O3/c1-7-9-11-13-15-17-19-21-23-25-27-29-31-60-45-36-52-34-41(51)49(45)57-48-39-32-40(44(59-6)33-42(39)53-35-43(48)56(5)50(57)58)46-38(4)54-55-47(46)37(3)30-28-26-24-22-20-18-16-14-12-10-8-2/h32-37H,7-31H2,1-6H3,(H,54,55). The van der Waals surface area contributed by atoms with Gasteiger partial charge in [0.1, 0.15) is 11.4 Å². The second kappa shape index (κ2) is 24.9. The summed E-state index contributed by atoms with van der Waals surface area (Å²) in [5.74, 6) is 0.531. The van der Waals surface area contributed by atoms with Crippen molar-refractivity contribution < 1.29 is 13.9 Å². The van der Waals surface area contributed by atoms with Gasteiger partial charge in [0.25, 0.3) is 0 Å². The molecule has 5 aromatic rings. The Morgan fingerprint density at radius 1 is 0.750 bits per heavy atom. The van der Waals surface area contributed by atoms with E-state index in [1.165, 1.54) is 137 Å². The van der Waals surface area contributed by atoms with Gasteiger partial charge in [0.05, 0.1) is 54.6 Å². The molecule has 0 radical (unpaired) electrons. The Kier molecular flexibility index (Phi) is 19.4. The Morgan fingerprint density at radius 2 is 1.32 bits per heavy atom. The maximum atomic E-state index is 16.0. The Labute approximate surface area is 359 Å². The van der Waals surface area contributed by atoms with Gasteiger partial charge in [-0.05, 0) is 31.7 Å². The van der Waals surface area contributed by atoms with Crippen molar-refractivity contribution in [3.8, 4) is 28.3 Å². The largest absolute Gasteiger partial charge is 0.496 e. The minimum Gasteiger partial charge on any atom is -0.496 e. The first-order valence-corrected chi connectivity index (χ1v) is 23.7. The number of halogens is 1. The van der Waals surface area contributed by atoms with E-state index in [4.69, 9.17) is 14.5 Å². The third kappa shape index (κ3) is 12.4. The molecule has 0 saturated heterocycles. The Bertz CT molecular complexity index is 2100. The molecule has 5 rings (SSSR count). The number of H-pyrrole nitrogens is 1. The summed E-state index contributed by atoms with van der Waals surface area (Å²) < 4.78 is 31.2. The lowest BCUT2D eigenvalue weighted by Gasteiger charge is -2.17. The molecule has 0 amide bonds. The average molecular weight is 827 g/mol. The normalized spacial score (nSPS) is 12.2. The molecule has 10 heteroatoms. The van der Waals surface area contributed by atoms with Gasteiger partial charge in [0.15, 0.2) is 11.6 Å². The van der Waals surface area contributed by atoms with Crippen LogP contribution in [-0.4, -0.2) is 43.0 Å². The highest BCUT2D eigenvalue weighted by Gasteiger charge is 2.26. The maximum absolute atomic E-state index is 16.0. The minimum absolute atomic E-state index is 0.0604. The van der Waals surface area contributed by atoms with Crippen molar-refractivity contribution in [2.45, 2.75) is 188 Å². The molecule has 4 aromatic heterocycles. The van der Waals surface area contributed by atoms with Gasteiger partial charge in [-0.15, -0.1) is 0 Å². The van der Waals surface area contributed by atoms with Crippen LogP contribution in [0.15, 0.2) is 35.5 Å². The number of pyridine rings is 2. The van der Waals surface area contributed by atoms with Crippen LogP contribution in [0, 0.1) is 12.7 Å². The third-order valence-electron chi connectivity index (χ3n) is 12.5. The number of aromatic nitrogens is 6. The quantitative estimate of drug-likeness (QED) is 0.0463. The number of imidazole rings is 1.